The molecule has 0 amide bonds. The summed E-state index contributed by atoms with van der Waals surface area (Å²) in [7, 11) is 2.87. The highest BCUT2D eigenvalue weighted by Crippen LogP contribution is 2.39. The molecule has 0 spiro atoms. The normalized spacial score (nSPS) is 10.9. The van der Waals surface area contributed by atoms with E-state index in [0.29, 0.717) is 17.9 Å². The van der Waals surface area contributed by atoms with Crippen LogP contribution in [0.3, 0.4) is 0 Å². The SMILES string of the molecule is CCOC(=O)c1cc2cc([S+](c3ccccc3)c3ccccc3)cc(OC)c2cc1OC. The summed E-state index contributed by atoms with van der Waals surface area (Å²) in [6, 6.07) is 28.7. The van der Waals surface area contributed by atoms with Crippen LogP contribution in [0.5, 0.6) is 11.5 Å². The number of fused-ring (bicyclic) bond motifs is 1. The zero-order chi connectivity index (χ0) is 22.5. The predicted molar refractivity (Wildman–Crippen MR) is 128 cm³/mol. The Bertz CT molecular complexity index is 1180. The van der Waals surface area contributed by atoms with Gasteiger partial charge in [0.2, 0.25) is 0 Å². The van der Waals surface area contributed by atoms with Gasteiger partial charge >= 0.3 is 5.97 Å². The molecular weight excluding hydrogens is 420 g/mol. The molecule has 32 heavy (non-hydrogen) atoms. The van der Waals surface area contributed by atoms with Gasteiger partial charge in [0.25, 0.3) is 0 Å². The van der Waals surface area contributed by atoms with E-state index in [1.54, 1.807) is 21.1 Å². The van der Waals surface area contributed by atoms with Crippen LogP contribution in [-0.4, -0.2) is 26.8 Å². The van der Waals surface area contributed by atoms with Crippen LogP contribution in [-0.2, 0) is 15.6 Å². The Labute approximate surface area is 191 Å². The predicted octanol–water partition coefficient (Wildman–Crippen LogP) is 6.13. The maximum atomic E-state index is 12.6. The smallest absolute Gasteiger partial charge is 0.341 e. The maximum absolute atomic E-state index is 12.6. The number of methoxy groups -OCH3 is 2. The number of carbonyl (C=O) groups is 1. The summed E-state index contributed by atoms with van der Waals surface area (Å²) in [4.78, 5) is 16.1. The summed E-state index contributed by atoms with van der Waals surface area (Å²) >= 11 is 0. The fourth-order valence-electron chi connectivity index (χ4n) is 3.68. The van der Waals surface area contributed by atoms with Crippen LogP contribution in [0.15, 0.2) is 99.6 Å². The van der Waals surface area contributed by atoms with Gasteiger partial charge in [0.15, 0.2) is 14.7 Å². The number of hydrogen-bond acceptors (Lipinski definition) is 4. The number of ether oxygens (including phenoxy) is 3. The van der Waals surface area contributed by atoms with E-state index in [0.717, 1.165) is 21.4 Å². The summed E-state index contributed by atoms with van der Waals surface area (Å²) in [5.41, 5.74) is 0.403. The van der Waals surface area contributed by atoms with E-state index in [4.69, 9.17) is 14.2 Å². The van der Waals surface area contributed by atoms with Gasteiger partial charge < -0.3 is 14.2 Å². The van der Waals surface area contributed by atoms with Gasteiger partial charge in [-0.05, 0) is 48.7 Å². The number of carbonyl (C=O) groups excluding carboxylic acids is 1. The zero-order valence-corrected chi connectivity index (χ0v) is 19.1. The van der Waals surface area contributed by atoms with Crippen LogP contribution in [0.25, 0.3) is 10.8 Å². The molecule has 0 aromatic heterocycles. The van der Waals surface area contributed by atoms with Crippen molar-refractivity contribution in [2.24, 2.45) is 0 Å². The minimum Gasteiger partial charge on any atom is -0.496 e. The highest BCUT2D eigenvalue weighted by molar-refractivity contribution is 7.97. The van der Waals surface area contributed by atoms with Gasteiger partial charge in [-0.3, -0.25) is 0 Å². The molecule has 4 aromatic carbocycles. The Kier molecular flexibility index (Phi) is 6.66. The van der Waals surface area contributed by atoms with E-state index in [1.165, 1.54) is 9.79 Å². The van der Waals surface area contributed by atoms with E-state index in [-0.39, 0.29) is 10.9 Å². The number of esters is 1. The van der Waals surface area contributed by atoms with Crippen molar-refractivity contribution in [3.63, 3.8) is 0 Å². The van der Waals surface area contributed by atoms with Crippen molar-refractivity contribution in [2.45, 2.75) is 21.6 Å². The van der Waals surface area contributed by atoms with Crippen LogP contribution >= 0.6 is 0 Å². The molecule has 0 unspecified atom stereocenters. The first-order valence-corrected chi connectivity index (χ1v) is 11.6. The van der Waals surface area contributed by atoms with E-state index in [2.05, 4.69) is 60.7 Å². The first kappa shape index (κ1) is 21.8. The Morgan fingerprint density at radius 1 is 0.750 bits per heavy atom. The molecule has 0 aliphatic carbocycles. The molecule has 162 valence electrons. The minimum absolute atomic E-state index is 0.300. The first-order chi connectivity index (χ1) is 15.7. The molecule has 0 atom stereocenters. The van der Waals surface area contributed by atoms with Crippen LogP contribution in [0.2, 0.25) is 0 Å². The van der Waals surface area contributed by atoms with Crippen molar-refractivity contribution in [3.8, 4) is 11.5 Å². The lowest BCUT2D eigenvalue weighted by Crippen LogP contribution is -2.08. The molecule has 0 radical (unpaired) electrons. The van der Waals surface area contributed by atoms with Crippen molar-refractivity contribution in [1.82, 2.24) is 0 Å². The monoisotopic (exact) mass is 445 g/mol. The van der Waals surface area contributed by atoms with E-state index < -0.39 is 5.97 Å². The molecule has 0 saturated heterocycles. The summed E-state index contributed by atoms with van der Waals surface area (Å²) in [6.07, 6.45) is 0. The highest BCUT2D eigenvalue weighted by atomic mass is 32.2. The fourth-order valence-corrected chi connectivity index (χ4v) is 5.82. The molecule has 0 saturated carbocycles. The van der Waals surface area contributed by atoms with Crippen LogP contribution < -0.4 is 9.47 Å². The second-order valence-electron chi connectivity index (χ2n) is 7.05. The fraction of sp³-hybridized carbons (Fsp3) is 0.148. The third kappa shape index (κ3) is 4.30. The van der Waals surface area contributed by atoms with Crippen molar-refractivity contribution >= 4 is 27.6 Å². The Morgan fingerprint density at radius 3 is 1.88 bits per heavy atom. The quantitative estimate of drug-likeness (QED) is 0.254. The highest BCUT2D eigenvalue weighted by Gasteiger charge is 2.30. The molecule has 0 N–H and O–H groups in total. The first-order valence-electron chi connectivity index (χ1n) is 10.4. The van der Waals surface area contributed by atoms with Gasteiger partial charge in [0.05, 0.1) is 31.7 Å². The zero-order valence-electron chi connectivity index (χ0n) is 18.3. The lowest BCUT2D eigenvalue weighted by atomic mass is 10.0. The summed E-state index contributed by atoms with van der Waals surface area (Å²) in [6.45, 7) is 2.09. The van der Waals surface area contributed by atoms with Gasteiger partial charge in [-0.15, -0.1) is 0 Å². The van der Waals surface area contributed by atoms with E-state index >= 15 is 0 Å². The van der Waals surface area contributed by atoms with E-state index in [1.807, 2.05) is 24.3 Å². The van der Waals surface area contributed by atoms with E-state index in [9.17, 15) is 4.79 Å². The molecule has 4 aromatic rings. The molecular formula is C27H25O4S+. The van der Waals surface area contributed by atoms with Gasteiger partial charge in [-0.1, -0.05) is 36.4 Å². The molecule has 0 heterocycles. The van der Waals surface area contributed by atoms with Crippen LogP contribution in [0.4, 0.5) is 0 Å². The van der Waals surface area contributed by atoms with Gasteiger partial charge in [0, 0.05) is 17.5 Å². The Hall–Kier alpha value is -3.44. The third-order valence-corrected chi connectivity index (χ3v) is 7.31. The largest absolute Gasteiger partial charge is 0.496 e. The molecule has 0 bridgehead atoms. The van der Waals surface area contributed by atoms with Gasteiger partial charge in [-0.25, -0.2) is 4.79 Å². The topological polar surface area (TPSA) is 44.8 Å². The molecule has 4 nitrogen and oxygen atoms in total. The number of benzene rings is 4. The summed E-state index contributed by atoms with van der Waals surface area (Å²) < 4.78 is 16.5. The minimum atomic E-state index is -0.402. The average Bonchev–Trinajstić information content (AvgIpc) is 2.84. The molecule has 0 aliphatic heterocycles. The molecule has 0 fully saturated rings. The standard InChI is InChI=1S/C27H25O4S/c1-4-31-27(28)24-16-19-15-22(17-25(29-2)23(19)18-26(24)30-3)32(20-11-7-5-8-12-20)21-13-9-6-10-14-21/h5-18H,4H2,1-3H3/q+1. The Morgan fingerprint density at radius 2 is 1.34 bits per heavy atom. The maximum Gasteiger partial charge on any atom is 0.341 e. The van der Waals surface area contributed by atoms with Crippen LogP contribution in [0.1, 0.15) is 17.3 Å². The third-order valence-electron chi connectivity index (χ3n) is 5.12. The van der Waals surface area contributed by atoms with Crippen molar-refractivity contribution in [2.75, 3.05) is 20.8 Å². The lowest BCUT2D eigenvalue weighted by molar-refractivity contribution is 0.0523. The molecule has 0 aliphatic rings. The van der Waals surface area contributed by atoms with Gasteiger partial charge in [0.1, 0.15) is 17.1 Å². The molecule has 5 heteroatoms. The lowest BCUT2D eigenvalue weighted by Gasteiger charge is -2.14. The second-order valence-corrected chi connectivity index (χ2v) is 9.08. The van der Waals surface area contributed by atoms with Crippen molar-refractivity contribution in [1.29, 1.82) is 0 Å². The molecule has 4 rings (SSSR count). The Balaban J connectivity index is 1.95. The van der Waals surface area contributed by atoms with Crippen molar-refractivity contribution in [3.05, 3.63) is 90.5 Å². The average molecular weight is 446 g/mol. The second kappa shape index (κ2) is 9.79. The van der Waals surface area contributed by atoms with Gasteiger partial charge in [-0.2, -0.15) is 0 Å². The number of rotatable bonds is 7. The number of hydrogen-bond donors (Lipinski definition) is 0. The summed E-state index contributed by atoms with van der Waals surface area (Å²) in [5.74, 6) is 0.795. The van der Waals surface area contributed by atoms with Crippen molar-refractivity contribution < 1.29 is 19.0 Å². The summed E-state index contributed by atoms with van der Waals surface area (Å²) in [5, 5.41) is 1.78. The van der Waals surface area contributed by atoms with Crippen LogP contribution in [0, 0.1) is 0 Å².